The minimum absolute atomic E-state index is 0. The summed E-state index contributed by atoms with van der Waals surface area (Å²) in [5, 5.41) is 3.45. The van der Waals surface area contributed by atoms with Crippen LogP contribution in [-0.4, -0.2) is 31.3 Å². The summed E-state index contributed by atoms with van der Waals surface area (Å²) in [6, 6.07) is 0.498. The number of rotatable bonds is 5. The molecule has 0 aliphatic heterocycles. The summed E-state index contributed by atoms with van der Waals surface area (Å²) in [7, 11) is -4.15. The molecule has 1 aliphatic rings. The molecule has 6 heteroatoms. The molecule has 0 aromatic heterocycles. The first kappa shape index (κ1) is 19.9. The van der Waals surface area contributed by atoms with E-state index in [9.17, 15) is 13.0 Å². The van der Waals surface area contributed by atoms with Gasteiger partial charge < -0.3 is 9.87 Å². The molecule has 1 aliphatic carbocycles. The molecule has 1 unspecified atom stereocenters. The summed E-state index contributed by atoms with van der Waals surface area (Å²) in [5.74, 6) is -0.391. The fourth-order valence-electron chi connectivity index (χ4n) is 2.48. The molecular weight excluding hydrogens is 273 g/mol. The maximum absolute atomic E-state index is 11.0. The fourth-order valence-corrected chi connectivity index (χ4v) is 3.59. The van der Waals surface area contributed by atoms with Crippen molar-refractivity contribution in [1.29, 1.82) is 0 Å². The zero-order valence-corrected chi connectivity index (χ0v) is 15.6. The molecule has 1 fully saturated rings. The molecule has 0 amide bonds. The normalized spacial score (nSPS) is 19.8. The predicted octanol–water partition coefficient (Wildman–Crippen LogP) is -0.880. The molecule has 0 heterocycles. The van der Waals surface area contributed by atoms with Crippen molar-refractivity contribution >= 4 is 10.1 Å². The van der Waals surface area contributed by atoms with Crippen LogP contribution >= 0.6 is 0 Å². The molecular formula is C13H26NNaO3S. The van der Waals surface area contributed by atoms with E-state index in [4.69, 9.17) is 0 Å². The zero-order chi connectivity index (χ0) is 13.8. The molecule has 19 heavy (non-hydrogen) atoms. The Morgan fingerprint density at radius 3 is 2.16 bits per heavy atom. The van der Waals surface area contributed by atoms with Gasteiger partial charge in [0.15, 0.2) is 0 Å². The van der Waals surface area contributed by atoms with Crippen LogP contribution in [0.25, 0.3) is 0 Å². The van der Waals surface area contributed by atoms with Gasteiger partial charge in [-0.05, 0) is 30.7 Å². The smallest absolute Gasteiger partial charge is 0.748 e. The first-order valence-corrected chi connectivity index (χ1v) is 8.43. The van der Waals surface area contributed by atoms with Crippen LogP contribution in [0.1, 0.15) is 52.9 Å². The molecule has 0 saturated heterocycles. The van der Waals surface area contributed by atoms with E-state index in [1.165, 1.54) is 32.1 Å². The third-order valence-electron chi connectivity index (χ3n) is 3.89. The average Bonchev–Trinajstić information content (AvgIpc) is 2.22. The average molecular weight is 299 g/mol. The summed E-state index contributed by atoms with van der Waals surface area (Å²) in [4.78, 5) is 0. The molecule has 1 rings (SSSR count). The van der Waals surface area contributed by atoms with Crippen molar-refractivity contribution in [2.24, 2.45) is 11.3 Å². The van der Waals surface area contributed by atoms with Crippen molar-refractivity contribution in [3.63, 3.8) is 0 Å². The third-order valence-corrected chi connectivity index (χ3v) is 4.70. The number of nitrogens with one attached hydrogen (secondary N) is 1. The van der Waals surface area contributed by atoms with Crippen molar-refractivity contribution in [3.8, 4) is 0 Å². The van der Waals surface area contributed by atoms with E-state index in [0.717, 1.165) is 0 Å². The Morgan fingerprint density at radius 1 is 1.21 bits per heavy atom. The van der Waals surface area contributed by atoms with Gasteiger partial charge in [-0.15, -0.1) is 0 Å². The summed E-state index contributed by atoms with van der Waals surface area (Å²) >= 11 is 0. The molecule has 0 aromatic rings. The maximum Gasteiger partial charge on any atom is 1.00 e. The van der Waals surface area contributed by atoms with Crippen molar-refractivity contribution in [1.82, 2.24) is 5.32 Å². The third kappa shape index (κ3) is 8.68. The van der Waals surface area contributed by atoms with Gasteiger partial charge in [-0.2, -0.15) is 0 Å². The van der Waals surface area contributed by atoms with E-state index < -0.39 is 10.1 Å². The Labute approximate surface area is 140 Å². The topological polar surface area (TPSA) is 69.2 Å². The van der Waals surface area contributed by atoms with E-state index in [0.29, 0.717) is 12.6 Å². The molecule has 4 nitrogen and oxygen atoms in total. The van der Waals surface area contributed by atoms with Gasteiger partial charge in [0.05, 0.1) is 10.1 Å². The van der Waals surface area contributed by atoms with Crippen molar-refractivity contribution in [2.75, 3.05) is 12.3 Å². The molecule has 1 N–H and O–H groups in total. The van der Waals surface area contributed by atoms with Gasteiger partial charge >= 0.3 is 29.6 Å². The second-order valence-electron chi connectivity index (χ2n) is 6.53. The fraction of sp³-hybridized carbons (Fsp3) is 1.00. The molecule has 0 aromatic carbocycles. The summed E-state index contributed by atoms with van der Waals surface area (Å²) in [6.07, 6.45) is 6.13. The van der Waals surface area contributed by atoms with Gasteiger partial charge in [0.2, 0.25) is 0 Å². The zero-order valence-electron chi connectivity index (χ0n) is 12.7. The van der Waals surface area contributed by atoms with E-state index in [-0.39, 0.29) is 46.6 Å². The second-order valence-corrected chi connectivity index (χ2v) is 7.98. The Balaban J connectivity index is 0.00000324. The van der Waals surface area contributed by atoms with Crippen molar-refractivity contribution in [2.45, 2.75) is 58.9 Å². The summed E-state index contributed by atoms with van der Waals surface area (Å²) < 4.78 is 32.9. The number of hydrogen-bond acceptors (Lipinski definition) is 4. The Kier molecular flexibility index (Phi) is 8.73. The van der Waals surface area contributed by atoms with Crippen LogP contribution < -0.4 is 34.9 Å². The van der Waals surface area contributed by atoms with Crippen LogP contribution in [0.4, 0.5) is 0 Å². The number of hydrogen-bond donors (Lipinski definition) is 1. The molecule has 1 saturated carbocycles. The molecule has 108 valence electrons. The Morgan fingerprint density at radius 2 is 1.74 bits per heavy atom. The Hall–Kier alpha value is 0.870. The van der Waals surface area contributed by atoms with Crippen LogP contribution in [-0.2, 0) is 10.1 Å². The van der Waals surface area contributed by atoms with Gasteiger partial charge in [-0.1, -0.05) is 40.0 Å². The first-order chi connectivity index (χ1) is 8.18. The Bertz CT molecular complexity index is 345. The molecule has 0 radical (unpaired) electrons. The predicted molar refractivity (Wildman–Crippen MR) is 72.4 cm³/mol. The maximum atomic E-state index is 11.0. The minimum Gasteiger partial charge on any atom is -0.748 e. The van der Waals surface area contributed by atoms with Gasteiger partial charge in [-0.3, -0.25) is 0 Å². The SMILES string of the molecule is CC(C)(C)C(CNC1CCCCC1)CS(=O)(=O)[O-].[Na+]. The van der Waals surface area contributed by atoms with Crippen molar-refractivity contribution < 1.29 is 42.5 Å². The van der Waals surface area contributed by atoms with Crippen molar-refractivity contribution in [3.05, 3.63) is 0 Å². The molecule has 0 bridgehead atoms. The standard InChI is InChI=1S/C13H27NO3S.Na/c1-13(2,3)11(10-18(15,16)17)9-14-12-7-5-4-6-8-12;/h11-12,14H,4-10H2,1-3H3,(H,15,16,17);/q;+1/p-1. The first-order valence-electron chi connectivity index (χ1n) is 6.85. The summed E-state index contributed by atoms with van der Waals surface area (Å²) in [5.41, 5.74) is -0.168. The largest absolute Gasteiger partial charge is 1.00 e. The van der Waals surface area contributed by atoms with Crippen LogP contribution in [0, 0.1) is 11.3 Å². The van der Waals surface area contributed by atoms with Gasteiger partial charge in [0, 0.05) is 11.8 Å². The molecule has 1 atom stereocenters. The quantitative estimate of drug-likeness (QED) is 0.529. The van der Waals surface area contributed by atoms with E-state index in [1.807, 2.05) is 20.8 Å². The van der Waals surface area contributed by atoms with E-state index in [1.54, 1.807) is 0 Å². The van der Waals surface area contributed by atoms with Crippen LogP contribution in [0.2, 0.25) is 0 Å². The van der Waals surface area contributed by atoms with E-state index >= 15 is 0 Å². The van der Waals surface area contributed by atoms with E-state index in [2.05, 4.69) is 5.32 Å². The second kappa shape index (κ2) is 8.35. The minimum atomic E-state index is -4.15. The van der Waals surface area contributed by atoms with Crippen LogP contribution in [0.5, 0.6) is 0 Å². The van der Waals surface area contributed by atoms with Gasteiger partial charge in [0.1, 0.15) is 0 Å². The molecule has 0 spiro atoms. The van der Waals surface area contributed by atoms with Gasteiger partial charge in [-0.25, -0.2) is 8.42 Å². The van der Waals surface area contributed by atoms with Crippen LogP contribution in [0.3, 0.4) is 0 Å². The monoisotopic (exact) mass is 299 g/mol. The van der Waals surface area contributed by atoms with Gasteiger partial charge in [0.25, 0.3) is 0 Å². The summed E-state index contributed by atoms with van der Waals surface area (Å²) in [6.45, 7) is 6.60. The van der Waals surface area contributed by atoms with Crippen LogP contribution in [0.15, 0.2) is 0 Å².